The number of aromatic nitrogens is 2. The molecule has 0 radical (unpaired) electrons. The summed E-state index contributed by atoms with van der Waals surface area (Å²) < 4.78 is 66.3. The summed E-state index contributed by atoms with van der Waals surface area (Å²) in [5, 5.41) is 13.0. The van der Waals surface area contributed by atoms with Crippen LogP contribution in [0.25, 0.3) is 5.52 Å². The number of alkyl halides is 3. The molecule has 0 spiro atoms. The highest BCUT2D eigenvalue weighted by Gasteiger charge is 2.49. The van der Waals surface area contributed by atoms with E-state index in [9.17, 15) is 21.6 Å². The lowest BCUT2D eigenvalue weighted by Gasteiger charge is -2.29. The Kier molecular flexibility index (Phi) is 4.24. The highest BCUT2D eigenvalue weighted by atomic mass is 32.2. The van der Waals surface area contributed by atoms with Gasteiger partial charge in [-0.3, -0.25) is 0 Å². The minimum Gasteiger partial charge on any atom is -0.374 e. The number of pyridine rings is 1. The fourth-order valence-electron chi connectivity index (χ4n) is 2.71. The lowest BCUT2D eigenvalue weighted by Crippen LogP contribution is -2.30. The van der Waals surface area contributed by atoms with Crippen LogP contribution in [0.1, 0.15) is 24.8 Å². The second kappa shape index (κ2) is 6.11. The SMILES string of the molecule is N#Cc1cnn2cc(N3CCCCC3)cc(OS(=O)(=O)C(F)(F)F)c12. The van der Waals surface area contributed by atoms with Crippen molar-refractivity contribution in [2.24, 2.45) is 0 Å². The number of halogens is 3. The van der Waals surface area contributed by atoms with E-state index in [1.807, 2.05) is 4.90 Å². The standard InChI is InChI=1S/C14H13F3N4O3S/c15-14(16,17)25(22,23)24-12-6-11(20-4-2-1-3-5-20)9-21-13(12)10(7-18)8-19-21/h6,8-9H,1-5H2. The molecule has 1 aliphatic rings. The van der Waals surface area contributed by atoms with Crippen LogP contribution in [-0.2, 0) is 10.1 Å². The molecular formula is C14H13F3N4O3S. The molecule has 2 aromatic heterocycles. The van der Waals surface area contributed by atoms with Gasteiger partial charge in [-0.05, 0) is 19.3 Å². The van der Waals surface area contributed by atoms with Crippen LogP contribution in [-0.4, -0.2) is 36.6 Å². The van der Waals surface area contributed by atoms with E-state index in [1.165, 1.54) is 12.3 Å². The molecule has 2 aromatic rings. The van der Waals surface area contributed by atoms with E-state index in [0.29, 0.717) is 18.8 Å². The molecule has 11 heteroatoms. The number of hydrogen-bond donors (Lipinski definition) is 0. The van der Waals surface area contributed by atoms with E-state index in [1.54, 1.807) is 6.07 Å². The third-order valence-corrected chi connectivity index (χ3v) is 4.85. The minimum absolute atomic E-state index is 0.0856. The van der Waals surface area contributed by atoms with Crippen LogP contribution in [0.4, 0.5) is 18.9 Å². The fourth-order valence-corrected chi connectivity index (χ4v) is 3.16. The zero-order chi connectivity index (χ0) is 18.2. The van der Waals surface area contributed by atoms with Gasteiger partial charge in [0.15, 0.2) is 5.75 Å². The van der Waals surface area contributed by atoms with Gasteiger partial charge in [-0.25, -0.2) is 4.52 Å². The molecule has 0 amide bonds. The average Bonchev–Trinajstić information content (AvgIpc) is 2.97. The van der Waals surface area contributed by atoms with Crippen molar-refractivity contribution in [2.75, 3.05) is 18.0 Å². The average molecular weight is 374 g/mol. The first-order valence-corrected chi connectivity index (χ1v) is 8.81. The first-order chi connectivity index (χ1) is 11.7. The molecule has 0 atom stereocenters. The molecule has 0 unspecified atom stereocenters. The Morgan fingerprint density at radius 3 is 2.52 bits per heavy atom. The van der Waals surface area contributed by atoms with Crippen LogP contribution in [0.15, 0.2) is 18.5 Å². The van der Waals surface area contributed by atoms with Crippen LogP contribution in [0.5, 0.6) is 5.75 Å². The molecule has 0 N–H and O–H groups in total. The summed E-state index contributed by atoms with van der Waals surface area (Å²) in [6.45, 7) is 1.37. The number of anilines is 1. The van der Waals surface area contributed by atoms with Gasteiger partial charge >= 0.3 is 15.6 Å². The Hall–Kier alpha value is -2.48. The normalized spacial score (nSPS) is 16.0. The molecule has 3 heterocycles. The van der Waals surface area contributed by atoms with Gasteiger partial charge in [0.05, 0.1) is 18.1 Å². The summed E-state index contributed by atoms with van der Waals surface area (Å²) in [7, 11) is -5.86. The number of nitrogens with zero attached hydrogens (tertiary/aromatic N) is 4. The second-order valence-corrected chi connectivity index (χ2v) is 7.09. The smallest absolute Gasteiger partial charge is 0.374 e. The third-order valence-electron chi connectivity index (χ3n) is 3.89. The Morgan fingerprint density at radius 2 is 1.92 bits per heavy atom. The van der Waals surface area contributed by atoms with Gasteiger partial charge in [0.1, 0.15) is 17.1 Å². The van der Waals surface area contributed by atoms with E-state index < -0.39 is 21.4 Å². The molecule has 0 saturated carbocycles. The topological polar surface area (TPSA) is 87.7 Å². The summed E-state index contributed by atoms with van der Waals surface area (Å²) in [4.78, 5) is 1.91. The van der Waals surface area contributed by atoms with E-state index in [0.717, 1.165) is 30.0 Å². The molecule has 1 aliphatic heterocycles. The van der Waals surface area contributed by atoms with Crippen LogP contribution in [0.2, 0.25) is 0 Å². The molecule has 7 nitrogen and oxygen atoms in total. The Morgan fingerprint density at radius 1 is 1.24 bits per heavy atom. The predicted octanol–water partition coefficient (Wildman–Crippen LogP) is 2.42. The lowest BCUT2D eigenvalue weighted by molar-refractivity contribution is -0.0499. The molecule has 3 rings (SSSR count). The maximum absolute atomic E-state index is 12.7. The largest absolute Gasteiger partial charge is 0.534 e. The molecule has 0 aromatic carbocycles. The van der Waals surface area contributed by atoms with Crippen LogP contribution < -0.4 is 9.08 Å². The summed E-state index contributed by atoms with van der Waals surface area (Å²) in [5.74, 6) is -0.575. The Balaban J connectivity index is 2.13. The minimum atomic E-state index is -5.86. The molecule has 1 fully saturated rings. The van der Waals surface area contributed by atoms with Gasteiger partial charge in [0, 0.05) is 19.2 Å². The van der Waals surface area contributed by atoms with Gasteiger partial charge < -0.3 is 9.08 Å². The zero-order valence-corrected chi connectivity index (χ0v) is 13.6. The number of nitriles is 1. The van der Waals surface area contributed by atoms with Crippen LogP contribution in [0.3, 0.4) is 0 Å². The third kappa shape index (κ3) is 3.21. The molecule has 134 valence electrons. The number of fused-ring (bicyclic) bond motifs is 1. The van der Waals surface area contributed by atoms with Crippen molar-refractivity contribution in [3.05, 3.63) is 24.0 Å². The van der Waals surface area contributed by atoms with Gasteiger partial charge in [-0.2, -0.15) is 31.9 Å². The van der Waals surface area contributed by atoms with Gasteiger partial charge in [-0.15, -0.1) is 0 Å². The van der Waals surface area contributed by atoms with Crippen LogP contribution in [0, 0.1) is 11.3 Å². The van der Waals surface area contributed by atoms with Crippen LogP contribution >= 0.6 is 0 Å². The number of piperidine rings is 1. The van der Waals surface area contributed by atoms with Gasteiger partial charge in [0.25, 0.3) is 0 Å². The van der Waals surface area contributed by atoms with Crippen molar-refractivity contribution in [3.63, 3.8) is 0 Å². The molecule has 1 saturated heterocycles. The quantitative estimate of drug-likeness (QED) is 0.606. The van der Waals surface area contributed by atoms with Crippen molar-refractivity contribution < 1.29 is 25.8 Å². The Labute approximate surface area is 141 Å². The maximum Gasteiger partial charge on any atom is 0.534 e. The number of hydrogen-bond acceptors (Lipinski definition) is 6. The summed E-state index contributed by atoms with van der Waals surface area (Å²) >= 11 is 0. The molecule has 0 aliphatic carbocycles. The Bertz CT molecular complexity index is 941. The van der Waals surface area contributed by atoms with Gasteiger partial charge in [-0.1, -0.05) is 0 Å². The predicted molar refractivity (Wildman–Crippen MR) is 81.6 cm³/mol. The maximum atomic E-state index is 12.7. The summed E-state index contributed by atoms with van der Waals surface area (Å²) in [5.41, 5.74) is -5.31. The first-order valence-electron chi connectivity index (χ1n) is 7.40. The first kappa shape index (κ1) is 17.3. The fraction of sp³-hybridized carbons (Fsp3) is 0.429. The zero-order valence-electron chi connectivity index (χ0n) is 12.8. The van der Waals surface area contributed by atoms with E-state index in [-0.39, 0.29) is 11.1 Å². The van der Waals surface area contributed by atoms with Crippen molar-refractivity contribution in [2.45, 2.75) is 24.8 Å². The highest BCUT2D eigenvalue weighted by Crippen LogP contribution is 2.34. The van der Waals surface area contributed by atoms with Crippen molar-refractivity contribution in [3.8, 4) is 11.8 Å². The lowest BCUT2D eigenvalue weighted by atomic mass is 10.1. The molecular weight excluding hydrogens is 361 g/mol. The molecule has 0 bridgehead atoms. The number of rotatable bonds is 3. The van der Waals surface area contributed by atoms with E-state index in [4.69, 9.17) is 5.26 Å². The van der Waals surface area contributed by atoms with E-state index in [2.05, 4.69) is 9.28 Å². The highest BCUT2D eigenvalue weighted by molar-refractivity contribution is 7.88. The van der Waals surface area contributed by atoms with E-state index >= 15 is 0 Å². The molecule has 25 heavy (non-hydrogen) atoms. The second-order valence-electron chi connectivity index (χ2n) is 5.56. The van der Waals surface area contributed by atoms with Crippen molar-refractivity contribution in [1.82, 2.24) is 9.61 Å². The monoisotopic (exact) mass is 374 g/mol. The summed E-state index contributed by atoms with van der Waals surface area (Å²) in [6.07, 6.45) is 5.55. The van der Waals surface area contributed by atoms with Gasteiger partial charge in [0.2, 0.25) is 0 Å². The van der Waals surface area contributed by atoms with Crippen molar-refractivity contribution in [1.29, 1.82) is 5.26 Å². The van der Waals surface area contributed by atoms with Crippen molar-refractivity contribution >= 4 is 21.3 Å². The summed E-state index contributed by atoms with van der Waals surface area (Å²) in [6, 6.07) is 2.96.